The van der Waals surface area contributed by atoms with Crippen molar-refractivity contribution < 1.29 is 13.9 Å². The third kappa shape index (κ3) is 6.91. The Morgan fingerprint density at radius 3 is 1.71 bits per heavy atom. The van der Waals surface area contributed by atoms with Crippen molar-refractivity contribution in [3.8, 4) is 39.8 Å². The predicted molar refractivity (Wildman–Crippen MR) is 164 cm³/mol. The number of aromatic hydroxyl groups is 1. The fraction of sp³-hybridized carbons (Fsp3) is 0.158. The number of aryl methyl sites for hydroxylation is 4. The lowest BCUT2D eigenvalue weighted by molar-refractivity contribution is 0.469. The van der Waals surface area contributed by atoms with Crippen molar-refractivity contribution in [1.29, 1.82) is 0 Å². The molecule has 41 heavy (non-hydrogen) atoms. The lowest BCUT2D eigenvalue weighted by Crippen LogP contribution is -1.94. The molecule has 5 aromatic carbocycles. The van der Waals surface area contributed by atoms with E-state index in [1.807, 2.05) is 73.7 Å². The van der Waals surface area contributed by atoms with Crippen molar-refractivity contribution in [3.63, 3.8) is 0 Å². The maximum absolute atomic E-state index is 15.1. The summed E-state index contributed by atoms with van der Waals surface area (Å²) in [5.41, 5.74) is 8.80. The minimum Gasteiger partial charge on any atom is -0.508 e. The molecule has 0 saturated heterocycles. The van der Waals surface area contributed by atoms with Crippen LogP contribution in [0.3, 0.4) is 0 Å². The topological polar surface area (TPSA) is 20.2 Å². The molecule has 0 amide bonds. The van der Waals surface area contributed by atoms with Gasteiger partial charge in [0.2, 0.25) is 0 Å². The molecule has 0 bridgehead atoms. The van der Waals surface area contributed by atoms with Crippen LogP contribution >= 0.6 is 0 Å². The average molecular weight is 543 g/mol. The molecule has 3 heteroatoms. The van der Waals surface area contributed by atoms with Gasteiger partial charge in [0.1, 0.15) is 17.4 Å². The van der Waals surface area contributed by atoms with Crippen LogP contribution in [0, 0.1) is 30.4 Å². The van der Waals surface area contributed by atoms with Crippen LogP contribution in [-0.4, -0.2) is 5.11 Å². The Morgan fingerprint density at radius 2 is 1.12 bits per heavy atom. The summed E-state index contributed by atoms with van der Waals surface area (Å²) in [5.74, 6) is 5.50. The molecule has 1 nitrogen and oxygen atoms in total. The molecule has 0 saturated carbocycles. The Labute approximate surface area is 241 Å². The molecule has 0 atom stereocenters. The van der Waals surface area contributed by atoms with E-state index in [4.69, 9.17) is 0 Å². The molecule has 0 aliphatic carbocycles. The van der Waals surface area contributed by atoms with Crippen molar-refractivity contribution in [1.82, 2.24) is 0 Å². The highest BCUT2D eigenvalue weighted by Gasteiger charge is 2.10. The molecule has 1 N–H and O–H groups in total. The molecule has 0 unspecified atom stereocenters. The molecule has 0 aliphatic rings. The van der Waals surface area contributed by atoms with Crippen LogP contribution in [0.2, 0.25) is 0 Å². The molecule has 5 aromatic rings. The van der Waals surface area contributed by atoms with E-state index in [0.29, 0.717) is 16.7 Å². The van der Waals surface area contributed by atoms with Gasteiger partial charge in [0.05, 0.1) is 0 Å². The second kappa shape index (κ2) is 12.7. The summed E-state index contributed by atoms with van der Waals surface area (Å²) in [6.07, 6.45) is 3.84. The van der Waals surface area contributed by atoms with Gasteiger partial charge in [-0.25, -0.2) is 8.78 Å². The fourth-order valence-electron chi connectivity index (χ4n) is 4.95. The Balaban J connectivity index is 1.23. The van der Waals surface area contributed by atoms with E-state index in [1.54, 1.807) is 6.07 Å². The zero-order valence-corrected chi connectivity index (χ0v) is 23.3. The average Bonchev–Trinajstić information content (AvgIpc) is 2.98. The maximum Gasteiger partial charge on any atom is 0.134 e. The van der Waals surface area contributed by atoms with Crippen molar-refractivity contribution in [2.45, 2.75) is 39.5 Å². The van der Waals surface area contributed by atoms with Crippen molar-refractivity contribution in [2.75, 3.05) is 0 Å². The van der Waals surface area contributed by atoms with E-state index in [-0.39, 0.29) is 11.6 Å². The summed E-state index contributed by atoms with van der Waals surface area (Å²) < 4.78 is 29.3. The van der Waals surface area contributed by atoms with E-state index < -0.39 is 5.82 Å². The van der Waals surface area contributed by atoms with Crippen molar-refractivity contribution in [3.05, 3.63) is 148 Å². The Hall–Kier alpha value is -4.68. The Kier molecular flexibility index (Phi) is 8.61. The molecule has 0 radical (unpaired) electrons. The van der Waals surface area contributed by atoms with E-state index in [9.17, 15) is 9.50 Å². The second-order valence-corrected chi connectivity index (χ2v) is 10.4. The van der Waals surface area contributed by atoms with Crippen LogP contribution in [0.25, 0.3) is 22.3 Å². The first kappa shape index (κ1) is 27.9. The molecule has 0 spiro atoms. The van der Waals surface area contributed by atoms with Crippen molar-refractivity contribution >= 4 is 0 Å². The van der Waals surface area contributed by atoms with Crippen LogP contribution in [0.5, 0.6) is 5.75 Å². The predicted octanol–water partition coefficient (Wildman–Crippen LogP) is 9.45. The molecule has 0 aromatic heterocycles. The van der Waals surface area contributed by atoms with Gasteiger partial charge >= 0.3 is 0 Å². The van der Waals surface area contributed by atoms with Gasteiger partial charge in [-0.15, -0.1) is 0 Å². The number of phenolic OH excluding ortho intramolecular Hbond substituents is 1. The molecule has 5 rings (SSSR count). The van der Waals surface area contributed by atoms with Crippen molar-refractivity contribution in [2.24, 2.45) is 0 Å². The molecular weight excluding hydrogens is 510 g/mol. The number of hydrogen-bond donors (Lipinski definition) is 1. The summed E-state index contributed by atoms with van der Waals surface area (Å²) in [6, 6.07) is 31.7. The first-order valence-electron chi connectivity index (χ1n) is 14.0. The summed E-state index contributed by atoms with van der Waals surface area (Å²) in [4.78, 5) is 0. The van der Waals surface area contributed by atoms with Gasteiger partial charge in [-0.05, 0) is 96.0 Å². The normalized spacial score (nSPS) is 10.7. The number of benzene rings is 5. The van der Waals surface area contributed by atoms with Gasteiger partial charge in [0.15, 0.2) is 0 Å². The van der Waals surface area contributed by atoms with Gasteiger partial charge < -0.3 is 5.11 Å². The zero-order valence-electron chi connectivity index (χ0n) is 23.3. The molecule has 0 aliphatic heterocycles. The van der Waals surface area contributed by atoms with Crippen LogP contribution in [0.1, 0.15) is 46.7 Å². The fourth-order valence-corrected chi connectivity index (χ4v) is 4.95. The first-order valence-corrected chi connectivity index (χ1v) is 14.0. The zero-order chi connectivity index (χ0) is 28.8. The highest BCUT2D eigenvalue weighted by molar-refractivity contribution is 5.68. The smallest absolute Gasteiger partial charge is 0.134 e. The summed E-state index contributed by atoms with van der Waals surface area (Å²) in [6.45, 7) is 4.13. The third-order valence-corrected chi connectivity index (χ3v) is 7.33. The van der Waals surface area contributed by atoms with E-state index >= 15 is 4.39 Å². The number of phenols is 1. The highest BCUT2D eigenvalue weighted by atomic mass is 19.1. The van der Waals surface area contributed by atoms with Gasteiger partial charge in [0.25, 0.3) is 0 Å². The van der Waals surface area contributed by atoms with Crippen LogP contribution in [0.4, 0.5) is 8.78 Å². The van der Waals surface area contributed by atoms with E-state index in [2.05, 4.69) is 30.9 Å². The Morgan fingerprint density at radius 1 is 0.585 bits per heavy atom. The largest absolute Gasteiger partial charge is 0.508 e. The van der Waals surface area contributed by atoms with Crippen LogP contribution in [-0.2, 0) is 19.3 Å². The van der Waals surface area contributed by atoms with Crippen LogP contribution in [0.15, 0.2) is 103 Å². The van der Waals surface area contributed by atoms with Gasteiger partial charge in [-0.1, -0.05) is 85.8 Å². The minimum atomic E-state index is -0.444. The van der Waals surface area contributed by atoms with Gasteiger partial charge in [0, 0.05) is 28.3 Å². The SMILES string of the molecule is CCCc1ccc(C#Cc2cc(F)c(-c3ccc(CCc4ccc(-c5ccc(O)cc5F)cc4)cc3)cc2C)cc1. The lowest BCUT2D eigenvalue weighted by Gasteiger charge is -2.09. The number of hydrogen-bond acceptors (Lipinski definition) is 1. The summed E-state index contributed by atoms with van der Waals surface area (Å²) in [5, 5.41) is 9.44. The molecular formula is C38H32F2O. The highest BCUT2D eigenvalue weighted by Crippen LogP contribution is 2.28. The van der Waals surface area contributed by atoms with E-state index in [1.165, 1.54) is 17.7 Å². The van der Waals surface area contributed by atoms with Crippen LogP contribution < -0.4 is 0 Å². The maximum atomic E-state index is 15.1. The lowest BCUT2D eigenvalue weighted by atomic mass is 9.96. The minimum absolute atomic E-state index is 0.0856. The second-order valence-electron chi connectivity index (χ2n) is 10.4. The Bertz CT molecular complexity index is 1700. The van der Waals surface area contributed by atoms with Gasteiger partial charge in [-0.2, -0.15) is 0 Å². The summed E-state index contributed by atoms with van der Waals surface area (Å²) in [7, 11) is 0. The standard InChI is InChI=1S/C38H32F2O/c1-3-4-27-5-7-28(8-6-27)15-20-33-24-37(39)36(23-26(33)2)32-18-13-30(14-19-32)10-9-29-11-16-31(17-12-29)35-22-21-34(41)25-38(35)40/h5-8,11-14,16-19,21-25,41H,3-4,9-10H2,1-2H3. The quantitative estimate of drug-likeness (QED) is 0.203. The summed E-state index contributed by atoms with van der Waals surface area (Å²) >= 11 is 0. The van der Waals surface area contributed by atoms with E-state index in [0.717, 1.165) is 65.1 Å². The first-order chi connectivity index (χ1) is 19.9. The monoisotopic (exact) mass is 542 g/mol. The third-order valence-electron chi connectivity index (χ3n) is 7.33. The molecule has 204 valence electrons. The van der Waals surface area contributed by atoms with Gasteiger partial charge in [-0.3, -0.25) is 0 Å². The number of rotatable bonds is 7. The molecule has 0 fully saturated rings. The molecule has 0 heterocycles. The number of halogens is 2.